The Balaban J connectivity index is 2.96. The minimum Gasteiger partial charge on any atom is -0.396 e. The molecule has 0 saturated heterocycles. The second-order valence-corrected chi connectivity index (χ2v) is 2.46. The van der Waals surface area contributed by atoms with Crippen molar-refractivity contribution in [3.8, 4) is 0 Å². The maximum absolute atomic E-state index is 11.0. The van der Waals surface area contributed by atoms with Crippen molar-refractivity contribution in [2.45, 2.75) is 6.42 Å². The van der Waals surface area contributed by atoms with Gasteiger partial charge in [-0.3, -0.25) is 4.79 Å². The number of hydrogen-bond donors (Lipinski definition) is 1. The summed E-state index contributed by atoms with van der Waals surface area (Å²) in [6, 6.07) is 3.37. The van der Waals surface area contributed by atoms with Gasteiger partial charge >= 0.3 is 0 Å². The summed E-state index contributed by atoms with van der Waals surface area (Å²) in [5, 5.41) is 8.57. The molecule has 0 unspecified atom stereocenters. The third kappa shape index (κ3) is 1.91. The SMILES string of the molecule is Cn1ccc(CCO)cc1=O. The Kier molecular flexibility index (Phi) is 2.44. The molecule has 1 heterocycles. The monoisotopic (exact) mass is 153 g/mol. The molecule has 0 radical (unpaired) electrons. The first-order valence-electron chi connectivity index (χ1n) is 3.50. The van der Waals surface area contributed by atoms with E-state index in [-0.39, 0.29) is 12.2 Å². The summed E-state index contributed by atoms with van der Waals surface area (Å²) in [5.41, 5.74) is 0.853. The number of hydrogen-bond acceptors (Lipinski definition) is 2. The standard InChI is InChI=1S/C8H11NO2/c1-9-4-2-7(3-5-10)6-8(9)11/h2,4,6,10H,3,5H2,1H3. The van der Waals surface area contributed by atoms with Gasteiger partial charge in [-0.1, -0.05) is 0 Å². The van der Waals surface area contributed by atoms with Crippen LogP contribution in [0.25, 0.3) is 0 Å². The maximum Gasteiger partial charge on any atom is 0.250 e. The summed E-state index contributed by atoms with van der Waals surface area (Å²) < 4.78 is 1.50. The van der Waals surface area contributed by atoms with Gasteiger partial charge in [0.05, 0.1) is 0 Å². The van der Waals surface area contributed by atoms with Crippen molar-refractivity contribution in [1.29, 1.82) is 0 Å². The summed E-state index contributed by atoms with van der Waals surface area (Å²) in [6.45, 7) is 0.0904. The van der Waals surface area contributed by atoms with Gasteiger partial charge in [0.25, 0.3) is 5.56 Å². The van der Waals surface area contributed by atoms with Gasteiger partial charge in [-0.2, -0.15) is 0 Å². The average Bonchev–Trinajstić information content (AvgIpc) is 1.98. The Labute approximate surface area is 64.9 Å². The Hall–Kier alpha value is -1.09. The van der Waals surface area contributed by atoms with Crippen LogP contribution in [0.3, 0.4) is 0 Å². The van der Waals surface area contributed by atoms with Crippen LogP contribution in [-0.4, -0.2) is 16.3 Å². The van der Waals surface area contributed by atoms with Crippen LogP contribution in [0.15, 0.2) is 23.1 Å². The van der Waals surface area contributed by atoms with Gasteiger partial charge < -0.3 is 9.67 Å². The molecule has 60 valence electrons. The Morgan fingerprint density at radius 2 is 2.36 bits per heavy atom. The van der Waals surface area contributed by atoms with E-state index in [1.807, 2.05) is 6.07 Å². The number of nitrogens with zero attached hydrogens (tertiary/aromatic N) is 1. The molecule has 3 nitrogen and oxygen atoms in total. The summed E-state index contributed by atoms with van der Waals surface area (Å²) >= 11 is 0. The maximum atomic E-state index is 11.0. The lowest BCUT2D eigenvalue weighted by atomic mass is 10.2. The van der Waals surface area contributed by atoms with Gasteiger partial charge in [-0.25, -0.2) is 0 Å². The number of aryl methyl sites for hydroxylation is 1. The van der Waals surface area contributed by atoms with Crippen molar-refractivity contribution in [3.63, 3.8) is 0 Å². The molecule has 0 aromatic carbocycles. The van der Waals surface area contributed by atoms with Crippen molar-refractivity contribution >= 4 is 0 Å². The van der Waals surface area contributed by atoms with Crippen molar-refractivity contribution in [2.24, 2.45) is 7.05 Å². The van der Waals surface area contributed by atoms with Gasteiger partial charge in [-0.05, 0) is 18.1 Å². The van der Waals surface area contributed by atoms with Crippen LogP contribution in [-0.2, 0) is 13.5 Å². The molecule has 3 heteroatoms. The first-order chi connectivity index (χ1) is 5.24. The van der Waals surface area contributed by atoms with Gasteiger partial charge in [0, 0.05) is 25.9 Å². The van der Waals surface area contributed by atoms with E-state index >= 15 is 0 Å². The highest BCUT2D eigenvalue weighted by molar-refractivity contribution is 5.10. The normalized spacial score (nSPS) is 10.0. The molecule has 0 bridgehead atoms. The van der Waals surface area contributed by atoms with Crippen molar-refractivity contribution in [3.05, 3.63) is 34.2 Å². The molecule has 0 spiro atoms. The zero-order chi connectivity index (χ0) is 8.27. The molecule has 1 rings (SSSR count). The first kappa shape index (κ1) is 8.01. The van der Waals surface area contributed by atoms with E-state index in [0.29, 0.717) is 6.42 Å². The molecule has 0 aliphatic heterocycles. The highest BCUT2D eigenvalue weighted by Gasteiger charge is 1.93. The molecule has 0 atom stereocenters. The summed E-state index contributed by atoms with van der Waals surface area (Å²) in [4.78, 5) is 11.0. The van der Waals surface area contributed by atoms with Crippen molar-refractivity contribution in [2.75, 3.05) is 6.61 Å². The average molecular weight is 153 g/mol. The summed E-state index contributed by atoms with van der Waals surface area (Å²) in [5.74, 6) is 0. The molecule has 1 aromatic rings. The number of aromatic nitrogens is 1. The quantitative estimate of drug-likeness (QED) is 0.645. The predicted octanol–water partition coefficient (Wildman–Crippen LogP) is -0.0799. The fourth-order valence-electron chi connectivity index (χ4n) is 0.874. The number of aliphatic hydroxyl groups excluding tert-OH is 1. The highest BCUT2D eigenvalue weighted by atomic mass is 16.2. The van der Waals surface area contributed by atoms with E-state index in [2.05, 4.69) is 0 Å². The van der Waals surface area contributed by atoms with Crippen LogP contribution in [0.1, 0.15) is 5.56 Å². The van der Waals surface area contributed by atoms with Crippen LogP contribution in [0.2, 0.25) is 0 Å². The van der Waals surface area contributed by atoms with E-state index < -0.39 is 0 Å². The molecule has 0 aliphatic carbocycles. The Bertz CT molecular complexity index is 290. The van der Waals surface area contributed by atoms with E-state index in [0.717, 1.165) is 5.56 Å². The lowest BCUT2D eigenvalue weighted by Crippen LogP contribution is -2.15. The second kappa shape index (κ2) is 3.34. The third-order valence-corrected chi connectivity index (χ3v) is 1.57. The van der Waals surface area contributed by atoms with Gasteiger partial charge in [0.1, 0.15) is 0 Å². The Morgan fingerprint density at radius 1 is 1.64 bits per heavy atom. The molecule has 1 aromatic heterocycles. The minimum absolute atomic E-state index is 0.0315. The number of aliphatic hydroxyl groups is 1. The zero-order valence-electron chi connectivity index (χ0n) is 6.45. The molecular formula is C8H11NO2. The molecule has 0 fully saturated rings. The fraction of sp³-hybridized carbons (Fsp3) is 0.375. The third-order valence-electron chi connectivity index (χ3n) is 1.57. The fourth-order valence-corrected chi connectivity index (χ4v) is 0.874. The first-order valence-corrected chi connectivity index (χ1v) is 3.50. The van der Waals surface area contributed by atoms with Crippen molar-refractivity contribution in [1.82, 2.24) is 4.57 Å². The van der Waals surface area contributed by atoms with Crippen LogP contribution in [0.4, 0.5) is 0 Å². The molecular weight excluding hydrogens is 142 g/mol. The number of pyridine rings is 1. The summed E-state index contributed by atoms with van der Waals surface area (Å²) in [6.07, 6.45) is 2.25. The lowest BCUT2D eigenvalue weighted by Gasteiger charge is -1.98. The largest absolute Gasteiger partial charge is 0.396 e. The van der Waals surface area contributed by atoms with Crippen LogP contribution in [0, 0.1) is 0 Å². The molecule has 0 amide bonds. The molecule has 0 saturated carbocycles. The molecule has 0 aliphatic rings. The molecule has 1 N–H and O–H groups in total. The summed E-state index contributed by atoms with van der Waals surface area (Å²) in [7, 11) is 1.70. The molecule has 11 heavy (non-hydrogen) atoms. The number of rotatable bonds is 2. The van der Waals surface area contributed by atoms with Gasteiger partial charge in [0.15, 0.2) is 0 Å². The van der Waals surface area contributed by atoms with Crippen LogP contribution < -0.4 is 5.56 Å². The van der Waals surface area contributed by atoms with E-state index in [1.165, 1.54) is 10.6 Å². The lowest BCUT2D eigenvalue weighted by molar-refractivity contribution is 0.299. The highest BCUT2D eigenvalue weighted by Crippen LogP contribution is 1.93. The van der Waals surface area contributed by atoms with Crippen molar-refractivity contribution < 1.29 is 5.11 Å². The van der Waals surface area contributed by atoms with Crippen LogP contribution >= 0.6 is 0 Å². The Morgan fingerprint density at radius 3 is 2.91 bits per heavy atom. The van der Waals surface area contributed by atoms with Gasteiger partial charge in [-0.15, -0.1) is 0 Å². The van der Waals surface area contributed by atoms with E-state index in [4.69, 9.17) is 5.11 Å². The smallest absolute Gasteiger partial charge is 0.250 e. The zero-order valence-corrected chi connectivity index (χ0v) is 6.45. The topological polar surface area (TPSA) is 42.2 Å². The van der Waals surface area contributed by atoms with E-state index in [1.54, 1.807) is 13.2 Å². The van der Waals surface area contributed by atoms with E-state index in [9.17, 15) is 4.79 Å². The minimum atomic E-state index is -0.0315. The van der Waals surface area contributed by atoms with Gasteiger partial charge in [0.2, 0.25) is 0 Å². The van der Waals surface area contributed by atoms with Crippen LogP contribution in [0.5, 0.6) is 0 Å². The second-order valence-electron chi connectivity index (χ2n) is 2.46. The predicted molar refractivity (Wildman–Crippen MR) is 42.5 cm³/mol.